The number of carbonyl (C=O) groups is 1. The molecule has 0 fully saturated rings. The monoisotopic (exact) mass is 282 g/mol. The molecule has 2 rings (SSSR count). The van der Waals surface area contributed by atoms with E-state index in [0.717, 1.165) is 11.3 Å². The van der Waals surface area contributed by atoms with Crippen LogP contribution in [-0.2, 0) is 0 Å². The summed E-state index contributed by atoms with van der Waals surface area (Å²) in [6, 6.07) is 14.7. The lowest BCUT2D eigenvalue weighted by Gasteiger charge is -2.11. The molecule has 0 spiro atoms. The number of nitrogens with zero attached hydrogens (tertiary/aromatic N) is 2. The van der Waals surface area contributed by atoms with Crippen molar-refractivity contribution in [3.63, 3.8) is 0 Å². The first-order valence-corrected chi connectivity index (χ1v) is 6.53. The summed E-state index contributed by atoms with van der Waals surface area (Å²) < 4.78 is 0. The molecule has 3 N–H and O–H groups in total. The first kappa shape index (κ1) is 14.6. The zero-order valence-corrected chi connectivity index (χ0v) is 12.1. The maximum Gasteiger partial charge on any atom is 0.273 e. The van der Waals surface area contributed by atoms with Crippen LogP contribution in [0.25, 0.3) is 0 Å². The molecule has 2 aromatic rings. The lowest BCUT2D eigenvalue weighted by Crippen LogP contribution is -2.19. The number of rotatable bonds is 4. The van der Waals surface area contributed by atoms with Gasteiger partial charge in [0.25, 0.3) is 5.91 Å². The number of nitrogen functional groups attached to an aromatic ring is 1. The molecule has 1 amide bonds. The Kier molecular flexibility index (Phi) is 4.56. The van der Waals surface area contributed by atoms with Crippen LogP contribution in [0, 0.1) is 0 Å². The fourth-order valence-electron chi connectivity index (χ4n) is 1.79. The summed E-state index contributed by atoms with van der Waals surface area (Å²) in [5, 5.41) is 3.94. The van der Waals surface area contributed by atoms with E-state index in [0.29, 0.717) is 11.3 Å². The Balaban J connectivity index is 1.99. The maximum absolute atomic E-state index is 11.9. The van der Waals surface area contributed by atoms with Crippen molar-refractivity contribution in [2.75, 3.05) is 24.7 Å². The number of nitrogens with two attached hydrogens (primary N) is 1. The van der Waals surface area contributed by atoms with Gasteiger partial charge >= 0.3 is 0 Å². The Bertz CT molecular complexity index is 648. The number of hydrazone groups is 1. The van der Waals surface area contributed by atoms with Gasteiger partial charge in [-0.1, -0.05) is 24.3 Å². The first-order valence-electron chi connectivity index (χ1n) is 6.53. The summed E-state index contributed by atoms with van der Waals surface area (Å²) in [6.45, 7) is 0. The van der Waals surface area contributed by atoms with Crippen molar-refractivity contribution in [3.05, 3.63) is 59.7 Å². The van der Waals surface area contributed by atoms with Crippen LogP contribution in [0.2, 0.25) is 0 Å². The van der Waals surface area contributed by atoms with Crippen molar-refractivity contribution in [1.82, 2.24) is 5.43 Å². The van der Waals surface area contributed by atoms with Crippen LogP contribution in [0.5, 0.6) is 0 Å². The number of anilines is 2. The molecular formula is C16H18N4O. The number of benzene rings is 2. The van der Waals surface area contributed by atoms with Gasteiger partial charge in [-0.3, -0.25) is 4.79 Å². The molecule has 0 saturated heterocycles. The van der Waals surface area contributed by atoms with E-state index in [1.54, 1.807) is 30.5 Å². The van der Waals surface area contributed by atoms with E-state index in [1.165, 1.54) is 0 Å². The number of hydrogen-bond acceptors (Lipinski definition) is 4. The zero-order chi connectivity index (χ0) is 15.2. The summed E-state index contributed by atoms with van der Waals surface area (Å²) >= 11 is 0. The predicted octanol–water partition coefficient (Wildman–Crippen LogP) is 2.10. The fourth-order valence-corrected chi connectivity index (χ4v) is 1.79. The molecule has 5 nitrogen and oxygen atoms in total. The summed E-state index contributed by atoms with van der Waals surface area (Å²) in [7, 11) is 3.96. The minimum absolute atomic E-state index is 0.325. The van der Waals surface area contributed by atoms with Gasteiger partial charge in [0.05, 0.1) is 11.8 Å². The molecule has 108 valence electrons. The second-order valence-electron chi connectivity index (χ2n) is 4.77. The highest BCUT2D eigenvalue weighted by molar-refractivity contribution is 5.99. The topological polar surface area (TPSA) is 70.7 Å². The summed E-state index contributed by atoms with van der Waals surface area (Å²) in [4.78, 5) is 13.9. The number of para-hydroxylation sites is 1. The van der Waals surface area contributed by atoms with E-state index in [9.17, 15) is 4.79 Å². The Morgan fingerprint density at radius 3 is 2.43 bits per heavy atom. The van der Waals surface area contributed by atoms with E-state index >= 15 is 0 Å². The van der Waals surface area contributed by atoms with Crippen molar-refractivity contribution >= 4 is 23.5 Å². The number of amides is 1. The second-order valence-corrected chi connectivity index (χ2v) is 4.77. The van der Waals surface area contributed by atoms with E-state index in [-0.39, 0.29) is 5.91 Å². The first-order chi connectivity index (χ1) is 10.1. The highest BCUT2D eigenvalue weighted by Crippen LogP contribution is 2.11. The van der Waals surface area contributed by atoms with Crippen LogP contribution in [0.15, 0.2) is 53.6 Å². The average molecular weight is 282 g/mol. The van der Waals surface area contributed by atoms with Crippen LogP contribution in [0.1, 0.15) is 15.9 Å². The lowest BCUT2D eigenvalue weighted by molar-refractivity contribution is 0.0956. The van der Waals surface area contributed by atoms with Gasteiger partial charge in [-0.2, -0.15) is 5.10 Å². The molecule has 0 atom stereocenters. The maximum atomic E-state index is 11.9. The highest BCUT2D eigenvalue weighted by atomic mass is 16.2. The molecule has 0 heterocycles. The van der Waals surface area contributed by atoms with Gasteiger partial charge in [-0.15, -0.1) is 0 Å². The van der Waals surface area contributed by atoms with Crippen molar-refractivity contribution < 1.29 is 4.79 Å². The van der Waals surface area contributed by atoms with E-state index in [4.69, 9.17) is 5.73 Å². The molecule has 0 aliphatic heterocycles. The molecule has 0 saturated carbocycles. The Labute approximate surface area is 124 Å². The quantitative estimate of drug-likeness (QED) is 0.512. The minimum atomic E-state index is -0.325. The van der Waals surface area contributed by atoms with Gasteiger partial charge in [0.2, 0.25) is 0 Å². The fraction of sp³-hybridized carbons (Fsp3) is 0.125. The SMILES string of the molecule is CN(C)c1ccc(C=NNC(=O)c2ccccc2N)cc1. The molecule has 0 unspecified atom stereocenters. The van der Waals surface area contributed by atoms with Crippen molar-refractivity contribution in [2.45, 2.75) is 0 Å². The largest absolute Gasteiger partial charge is 0.398 e. The van der Waals surface area contributed by atoms with Gasteiger partial charge in [0.1, 0.15) is 0 Å². The molecule has 2 aromatic carbocycles. The number of carbonyl (C=O) groups excluding carboxylic acids is 1. The number of hydrogen-bond donors (Lipinski definition) is 2. The van der Waals surface area contributed by atoms with E-state index in [2.05, 4.69) is 10.5 Å². The Morgan fingerprint density at radius 1 is 1.14 bits per heavy atom. The van der Waals surface area contributed by atoms with Gasteiger partial charge in [-0.05, 0) is 29.8 Å². The van der Waals surface area contributed by atoms with Crippen LogP contribution in [0.3, 0.4) is 0 Å². The summed E-state index contributed by atoms with van der Waals surface area (Å²) in [6.07, 6.45) is 1.59. The third kappa shape index (κ3) is 3.82. The molecule has 0 aliphatic rings. The summed E-state index contributed by atoms with van der Waals surface area (Å²) in [5.74, 6) is -0.325. The Hall–Kier alpha value is -2.82. The molecule has 0 aliphatic carbocycles. The van der Waals surface area contributed by atoms with Gasteiger partial charge in [-0.25, -0.2) is 5.43 Å². The molecule has 0 bridgehead atoms. The zero-order valence-electron chi connectivity index (χ0n) is 12.1. The van der Waals surface area contributed by atoms with Gasteiger partial charge in [0, 0.05) is 25.5 Å². The molecule has 0 aromatic heterocycles. The van der Waals surface area contributed by atoms with Crippen molar-refractivity contribution in [1.29, 1.82) is 0 Å². The molecule has 21 heavy (non-hydrogen) atoms. The Morgan fingerprint density at radius 2 is 1.81 bits per heavy atom. The lowest BCUT2D eigenvalue weighted by atomic mass is 10.2. The van der Waals surface area contributed by atoms with Crippen LogP contribution in [-0.4, -0.2) is 26.2 Å². The smallest absolute Gasteiger partial charge is 0.273 e. The third-order valence-corrected chi connectivity index (χ3v) is 2.99. The second kappa shape index (κ2) is 6.56. The highest BCUT2D eigenvalue weighted by Gasteiger charge is 2.06. The minimum Gasteiger partial charge on any atom is -0.398 e. The molecule has 0 radical (unpaired) electrons. The van der Waals surface area contributed by atoms with Gasteiger partial charge in [0.15, 0.2) is 0 Å². The van der Waals surface area contributed by atoms with Gasteiger partial charge < -0.3 is 10.6 Å². The molecule has 5 heteroatoms. The van der Waals surface area contributed by atoms with Crippen LogP contribution in [0.4, 0.5) is 11.4 Å². The van der Waals surface area contributed by atoms with Crippen LogP contribution >= 0.6 is 0 Å². The third-order valence-electron chi connectivity index (χ3n) is 2.99. The number of nitrogens with one attached hydrogen (secondary N) is 1. The molecular weight excluding hydrogens is 264 g/mol. The van der Waals surface area contributed by atoms with Crippen molar-refractivity contribution in [3.8, 4) is 0 Å². The van der Waals surface area contributed by atoms with Crippen molar-refractivity contribution in [2.24, 2.45) is 5.10 Å². The predicted molar refractivity (Wildman–Crippen MR) is 86.7 cm³/mol. The standard InChI is InChI=1S/C16H18N4O/c1-20(2)13-9-7-12(8-10-13)11-18-19-16(21)14-5-3-4-6-15(14)17/h3-11H,17H2,1-2H3,(H,19,21). The van der Waals surface area contributed by atoms with E-state index in [1.807, 2.05) is 43.3 Å². The van der Waals surface area contributed by atoms with E-state index < -0.39 is 0 Å². The average Bonchev–Trinajstić information content (AvgIpc) is 2.48. The van der Waals surface area contributed by atoms with Crippen LogP contribution < -0.4 is 16.1 Å². The summed E-state index contributed by atoms with van der Waals surface area (Å²) in [5.41, 5.74) is 11.1. The normalized spacial score (nSPS) is 10.6.